The molecular formula is C28H29FN6O2S. The van der Waals surface area contributed by atoms with Gasteiger partial charge in [0.25, 0.3) is 5.56 Å². The highest BCUT2D eigenvalue weighted by Gasteiger charge is 2.27. The lowest BCUT2D eigenvalue weighted by atomic mass is 10.1. The van der Waals surface area contributed by atoms with Gasteiger partial charge >= 0.3 is 0 Å². The van der Waals surface area contributed by atoms with Gasteiger partial charge < -0.3 is 9.72 Å². The molecule has 0 radical (unpaired) electrons. The van der Waals surface area contributed by atoms with Crippen LogP contribution < -0.4 is 10.3 Å². The van der Waals surface area contributed by atoms with Gasteiger partial charge in [0.15, 0.2) is 5.82 Å². The number of thiophene rings is 1. The van der Waals surface area contributed by atoms with E-state index in [1.54, 1.807) is 35.3 Å². The van der Waals surface area contributed by atoms with E-state index in [9.17, 15) is 9.18 Å². The Kier molecular flexibility index (Phi) is 7.90. The molecule has 2 aromatic carbocycles. The van der Waals surface area contributed by atoms with E-state index < -0.39 is 0 Å². The molecule has 0 aliphatic rings. The monoisotopic (exact) mass is 532 g/mol. The number of pyridine rings is 1. The lowest BCUT2D eigenvalue weighted by molar-refractivity contribution is 0.157. The van der Waals surface area contributed by atoms with Gasteiger partial charge in [0, 0.05) is 34.4 Å². The second-order valence-corrected chi connectivity index (χ2v) is 10.2. The molecule has 1 unspecified atom stereocenters. The van der Waals surface area contributed by atoms with E-state index in [4.69, 9.17) is 4.74 Å². The van der Waals surface area contributed by atoms with Crippen LogP contribution in [0.1, 0.15) is 47.6 Å². The van der Waals surface area contributed by atoms with Crippen molar-refractivity contribution in [2.75, 3.05) is 7.11 Å². The molecule has 0 amide bonds. The fourth-order valence-electron chi connectivity index (χ4n) is 4.65. The predicted octanol–water partition coefficient (Wildman–Crippen LogP) is 5.32. The van der Waals surface area contributed by atoms with Crippen molar-refractivity contribution in [3.8, 4) is 5.75 Å². The molecule has 10 heteroatoms. The van der Waals surface area contributed by atoms with Crippen LogP contribution in [-0.4, -0.2) is 37.2 Å². The van der Waals surface area contributed by atoms with Crippen molar-refractivity contribution in [2.24, 2.45) is 0 Å². The number of ether oxygens (including phenoxy) is 1. The highest BCUT2D eigenvalue weighted by atomic mass is 32.1. The first-order valence-electron chi connectivity index (χ1n) is 12.5. The van der Waals surface area contributed by atoms with Crippen molar-refractivity contribution in [1.29, 1.82) is 0 Å². The van der Waals surface area contributed by atoms with Crippen molar-refractivity contribution < 1.29 is 9.13 Å². The van der Waals surface area contributed by atoms with E-state index in [0.717, 1.165) is 35.1 Å². The molecule has 0 aliphatic heterocycles. The van der Waals surface area contributed by atoms with Gasteiger partial charge in [-0.3, -0.25) is 9.69 Å². The van der Waals surface area contributed by atoms with Crippen LogP contribution in [0, 0.1) is 5.82 Å². The van der Waals surface area contributed by atoms with Gasteiger partial charge in [-0.25, -0.2) is 9.07 Å². The van der Waals surface area contributed by atoms with Crippen molar-refractivity contribution >= 4 is 22.2 Å². The predicted molar refractivity (Wildman–Crippen MR) is 146 cm³/mol. The number of aromatic amines is 1. The second-order valence-electron chi connectivity index (χ2n) is 9.19. The average molecular weight is 533 g/mol. The second kappa shape index (κ2) is 11.7. The quantitative estimate of drug-likeness (QED) is 0.248. The summed E-state index contributed by atoms with van der Waals surface area (Å²) in [4.78, 5) is 19.6. The minimum Gasteiger partial charge on any atom is -0.497 e. The number of H-pyrrole nitrogens is 1. The summed E-state index contributed by atoms with van der Waals surface area (Å²) >= 11 is 1.68. The molecule has 0 bridgehead atoms. The number of halogens is 1. The zero-order valence-corrected chi connectivity index (χ0v) is 22.1. The maximum Gasteiger partial charge on any atom is 0.252 e. The Hall–Kier alpha value is -3.89. The molecule has 0 aliphatic carbocycles. The number of nitrogens with one attached hydrogen (secondary N) is 1. The third-order valence-corrected chi connectivity index (χ3v) is 7.41. The minimum atomic E-state index is -0.283. The summed E-state index contributed by atoms with van der Waals surface area (Å²) in [7, 11) is 1.63. The van der Waals surface area contributed by atoms with Crippen molar-refractivity contribution in [3.63, 3.8) is 0 Å². The Balaban J connectivity index is 1.52. The van der Waals surface area contributed by atoms with Crippen LogP contribution >= 0.6 is 11.3 Å². The standard InChI is InChI=1S/C28H29FN6O2S/c1-3-5-26(27-31-32-33-35(27)16-19-7-9-22(29)10-8-19)34(18-24-6-4-13-38-24)17-21-14-20-15-23(37-2)11-12-25(20)30-28(21)36/h4,6-15,26H,3,5,16-18H2,1-2H3,(H,30,36). The number of tetrazole rings is 1. The third kappa shape index (κ3) is 5.81. The summed E-state index contributed by atoms with van der Waals surface area (Å²) in [5.41, 5.74) is 2.19. The zero-order valence-electron chi connectivity index (χ0n) is 21.3. The lowest BCUT2D eigenvalue weighted by Gasteiger charge is -2.30. The number of rotatable bonds is 11. The molecule has 1 atom stereocenters. The molecule has 38 heavy (non-hydrogen) atoms. The van der Waals surface area contributed by atoms with Crippen molar-refractivity contribution in [3.05, 3.63) is 104 Å². The van der Waals surface area contributed by atoms with Crippen LogP contribution in [0.25, 0.3) is 10.9 Å². The van der Waals surface area contributed by atoms with E-state index in [0.29, 0.717) is 31.0 Å². The molecule has 0 fully saturated rings. The summed E-state index contributed by atoms with van der Waals surface area (Å²) < 4.78 is 20.6. The molecule has 3 aromatic heterocycles. The lowest BCUT2D eigenvalue weighted by Crippen LogP contribution is -2.32. The van der Waals surface area contributed by atoms with Crippen LogP contribution in [0.3, 0.4) is 0 Å². The third-order valence-electron chi connectivity index (χ3n) is 6.55. The summed E-state index contributed by atoms with van der Waals surface area (Å²) in [5, 5.41) is 15.6. The fourth-order valence-corrected chi connectivity index (χ4v) is 5.38. The zero-order chi connectivity index (χ0) is 26.5. The number of aromatic nitrogens is 5. The van der Waals surface area contributed by atoms with E-state index in [-0.39, 0.29) is 17.4 Å². The molecule has 5 aromatic rings. The maximum atomic E-state index is 13.5. The number of benzene rings is 2. The molecular weight excluding hydrogens is 503 g/mol. The molecule has 8 nitrogen and oxygen atoms in total. The molecule has 196 valence electrons. The highest BCUT2D eigenvalue weighted by molar-refractivity contribution is 7.09. The summed E-state index contributed by atoms with van der Waals surface area (Å²) in [6.45, 7) is 3.60. The van der Waals surface area contributed by atoms with Gasteiger partial charge in [-0.15, -0.1) is 16.4 Å². The van der Waals surface area contributed by atoms with E-state index in [1.165, 1.54) is 17.0 Å². The first-order valence-corrected chi connectivity index (χ1v) is 13.4. The Bertz CT molecular complexity index is 1550. The van der Waals surface area contributed by atoms with Crippen molar-refractivity contribution in [2.45, 2.75) is 45.4 Å². The van der Waals surface area contributed by atoms with Crippen LogP contribution in [-0.2, 0) is 19.6 Å². The van der Waals surface area contributed by atoms with Crippen molar-refractivity contribution in [1.82, 2.24) is 30.1 Å². The van der Waals surface area contributed by atoms with E-state index in [1.807, 2.05) is 30.3 Å². The first kappa shape index (κ1) is 25.7. The normalized spacial score (nSPS) is 12.3. The Morgan fingerprint density at radius 3 is 2.71 bits per heavy atom. The molecule has 5 rings (SSSR count). The number of methoxy groups -OCH3 is 1. The Morgan fingerprint density at radius 1 is 1.13 bits per heavy atom. The highest BCUT2D eigenvalue weighted by Crippen LogP contribution is 2.29. The number of hydrogen-bond donors (Lipinski definition) is 1. The molecule has 3 heterocycles. The van der Waals surface area contributed by atoms with Crippen LogP contribution in [0.4, 0.5) is 4.39 Å². The number of nitrogens with zero attached hydrogens (tertiary/aromatic N) is 5. The molecule has 0 spiro atoms. The summed E-state index contributed by atoms with van der Waals surface area (Å²) in [6, 6.07) is 17.9. The Labute approximate surface area is 223 Å². The van der Waals surface area contributed by atoms with Gasteiger partial charge in [-0.1, -0.05) is 31.5 Å². The summed E-state index contributed by atoms with van der Waals surface area (Å²) in [5.74, 6) is 1.16. The smallest absolute Gasteiger partial charge is 0.252 e. The van der Waals surface area contributed by atoms with E-state index >= 15 is 0 Å². The van der Waals surface area contributed by atoms with Gasteiger partial charge in [-0.2, -0.15) is 0 Å². The topological polar surface area (TPSA) is 88.9 Å². The van der Waals surface area contributed by atoms with Gasteiger partial charge in [0.2, 0.25) is 0 Å². The average Bonchev–Trinajstić information content (AvgIpc) is 3.61. The molecule has 0 saturated carbocycles. The minimum absolute atomic E-state index is 0.125. The van der Waals surface area contributed by atoms with Crippen LogP contribution in [0.5, 0.6) is 5.75 Å². The van der Waals surface area contributed by atoms with Gasteiger partial charge in [-0.05, 0) is 70.3 Å². The summed E-state index contributed by atoms with van der Waals surface area (Å²) in [6.07, 6.45) is 1.70. The van der Waals surface area contributed by atoms with Crippen LogP contribution in [0.2, 0.25) is 0 Å². The number of hydrogen-bond acceptors (Lipinski definition) is 7. The fraction of sp³-hybridized carbons (Fsp3) is 0.286. The SMILES string of the molecule is CCCC(c1nnnn1Cc1ccc(F)cc1)N(Cc1cccs1)Cc1cc2cc(OC)ccc2[nH]c1=O. The number of fused-ring (bicyclic) bond motifs is 1. The molecule has 0 saturated heterocycles. The first-order chi connectivity index (χ1) is 18.5. The maximum absolute atomic E-state index is 13.5. The van der Waals surface area contributed by atoms with Gasteiger partial charge in [0.05, 0.1) is 19.7 Å². The largest absolute Gasteiger partial charge is 0.497 e. The van der Waals surface area contributed by atoms with E-state index in [2.05, 4.69) is 43.8 Å². The molecule has 1 N–H and O–H groups in total. The Morgan fingerprint density at radius 2 is 1.97 bits per heavy atom. The van der Waals surface area contributed by atoms with Gasteiger partial charge in [0.1, 0.15) is 11.6 Å². The van der Waals surface area contributed by atoms with Crippen LogP contribution in [0.15, 0.2) is 70.8 Å².